The molecule has 0 saturated heterocycles. The molecular formula is C17H29NO. The van der Waals surface area contributed by atoms with E-state index in [1.807, 2.05) is 6.92 Å². The molecule has 1 aromatic carbocycles. The number of hydrogen-bond acceptors (Lipinski definition) is 2. The van der Waals surface area contributed by atoms with Gasteiger partial charge in [-0.25, -0.2) is 0 Å². The van der Waals surface area contributed by atoms with Crippen molar-refractivity contribution in [3.8, 4) is 5.75 Å². The average molecular weight is 263 g/mol. The molecule has 0 aliphatic heterocycles. The Kier molecular flexibility index (Phi) is 6.93. The first kappa shape index (κ1) is 16.0. The summed E-state index contributed by atoms with van der Waals surface area (Å²) in [6, 6.07) is 6.30. The SMILES string of the molecule is CCCCC(CC)COc1cc(C)ccc1[C@@H](C)N. The Hall–Kier alpha value is -1.02. The van der Waals surface area contributed by atoms with E-state index in [9.17, 15) is 0 Å². The summed E-state index contributed by atoms with van der Waals surface area (Å²) < 4.78 is 6.05. The van der Waals surface area contributed by atoms with Crippen LogP contribution in [0.3, 0.4) is 0 Å². The molecule has 19 heavy (non-hydrogen) atoms. The van der Waals surface area contributed by atoms with E-state index in [1.165, 1.54) is 31.2 Å². The first-order valence-electron chi connectivity index (χ1n) is 7.57. The molecule has 1 aromatic rings. The van der Waals surface area contributed by atoms with E-state index < -0.39 is 0 Å². The summed E-state index contributed by atoms with van der Waals surface area (Å²) in [7, 11) is 0. The van der Waals surface area contributed by atoms with Crippen molar-refractivity contribution in [1.29, 1.82) is 0 Å². The number of rotatable bonds is 8. The molecule has 2 N–H and O–H groups in total. The minimum atomic E-state index is 0.0197. The Morgan fingerprint density at radius 3 is 2.58 bits per heavy atom. The molecule has 2 nitrogen and oxygen atoms in total. The summed E-state index contributed by atoms with van der Waals surface area (Å²) in [4.78, 5) is 0. The summed E-state index contributed by atoms with van der Waals surface area (Å²) in [5.74, 6) is 1.62. The van der Waals surface area contributed by atoms with Crippen LogP contribution >= 0.6 is 0 Å². The monoisotopic (exact) mass is 263 g/mol. The van der Waals surface area contributed by atoms with Gasteiger partial charge in [0.25, 0.3) is 0 Å². The third-order valence-electron chi connectivity index (χ3n) is 3.68. The first-order chi connectivity index (χ1) is 9.08. The summed E-state index contributed by atoms with van der Waals surface area (Å²) in [5.41, 5.74) is 8.33. The standard InChI is InChI=1S/C17H29NO/c1-5-7-8-15(6-2)12-19-17-11-13(3)9-10-16(17)14(4)18/h9-11,14-15H,5-8,12,18H2,1-4H3/t14-,15?/m1/s1. The van der Waals surface area contributed by atoms with E-state index >= 15 is 0 Å². The molecule has 2 atom stereocenters. The highest BCUT2D eigenvalue weighted by Gasteiger charge is 2.11. The lowest BCUT2D eigenvalue weighted by Crippen LogP contribution is -2.14. The lowest BCUT2D eigenvalue weighted by molar-refractivity contribution is 0.230. The molecule has 0 saturated carbocycles. The van der Waals surface area contributed by atoms with Crippen LogP contribution in [-0.2, 0) is 0 Å². The van der Waals surface area contributed by atoms with Crippen molar-refractivity contribution in [2.24, 2.45) is 11.7 Å². The first-order valence-corrected chi connectivity index (χ1v) is 7.57. The number of aryl methyl sites for hydroxylation is 1. The summed E-state index contributed by atoms with van der Waals surface area (Å²) in [6.07, 6.45) is 4.98. The highest BCUT2D eigenvalue weighted by atomic mass is 16.5. The van der Waals surface area contributed by atoms with Crippen LogP contribution in [0.15, 0.2) is 18.2 Å². The van der Waals surface area contributed by atoms with Crippen molar-refractivity contribution in [3.63, 3.8) is 0 Å². The summed E-state index contributed by atoms with van der Waals surface area (Å²) in [5, 5.41) is 0. The molecular weight excluding hydrogens is 234 g/mol. The fourth-order valence-corrected chi connectivity index (χ4v) is 2.25. The van der Waals surface area contributed by atoms with Crippen LogP contribution in [0.1, 0.15) is 63.6 Å². The summed E-state index contributed by atoms with van der Waals surface area (Å²) >= 11 is 0. The predicted octanol–water partition coefficient (Wildman–Crippen LogP) is 4.61. The van der Waals surface area contributed by atoms with Gasteiger partial charge in [0.2, 0.25) is 0 Å². The van der Waals surface area contributed by atoms with E-state index in [1.54, 1.807) is 0 Å². The van der Waals surface area contributed by atoms with Gasteiger partial charge in [-0.1, -0.05) is 45.2 Å². The molecule has 0 radical (unpaired) electrons. The molecule has 0 aliphatic rings. The zero-order chi connectivity index (χ0) is 14.3. The third kappa shape index (κ3) is 5.23. The summed E-state index contributed by atoms with van der Waals surface area (Å²) in [6.45, 7) is 9.38. The van der Waals surface area contributed by atoms with Gasteiger partial charge in [-0.2, -0.15) is 0 Å². The Balaban J connectivity index is 2.67. The quantitative estimate of drug-likeness (QED) is 0.743. The molecule has 0 aliphatic carbocycles. The largest absolute Gasteiger partial charge is 0.493 e. The van der Waals surface area contributed by atoms with Crippen molar-refractivity contribution < 1.29 is 4.74 Å². The molecule has 108 valence electrons. The Morgan fingerprint density at radius 2 is 2.00 bits per heavy atom. The zero-order valence-corrected chi connectivity index (χ0v) is 12.9. The van der Waals surface area contributed by atoms with Crippen LogP contribution < -0.4 is 10.5 Å². The van der Waals surface area contributed by atoms with Crippen LogP contribution in [0.2, 0.25) is 0 Å². The molecule has 0 aromatic heterocycles. The van der Waals surface area contributed by atoms with Crippen molar-refractivity contribution in [3.05, 3.63) is 29.3 Å². The second-order valence-corrected chi connectivity index (χ2v) is 5.56. The van der Waals surface area contributed by atoms with Gasteiger partial charge in [0, 0.05) is 11.6 Å². The third-order valence-corrected chi connectivity index (χ3v) is 3.68. The van der Waals surface area contributed by atoms with Crippen LogP contribution in [0.25, 0.3) is 0 Å². The highest BCUT2D eigenvalue weighted by molar-refractivity contribution is 5.38. The maximum atomic E-state index is 6.05. The van der Waals surface area contributed by atoms with Gasteiger partial charge in [-0.15, -0.1) is 0 Å². The second kappa shape index (κ2) is 8.21. The molecule has 0 fully saturated rings. The van der Waals surface area contributed by atoms with Crippen molar-refractivity contribution >= 4 is 0 Å². The Morgan fingerprint density at radius 1 is 1.26 bits per heavy atom. The maximum absolute atomic E-state index is 6.05. The molecule has 0 spiro atoms. The average Bonchev–Trinajstić information content (AvgIpc) is 2.38. The Labute approximate surface area is 118 Å². The fraction of sp³-hybridized carbons (Fsp3) is 0.647. The topological polar surface area (TPSA) is 35.2 Å². The van der Waals surface area contributed by atoms with E-state index in [-0.39, 0.29) is 6.04 Å². The van der Waals surface area contributed by atoms with Crippen LogP contribution in [0.5, 0.6) is 5.75 Å². The van der Waals surface area contributed by atoms with Crippen LogP contribution in [-0.4, -0.2) is 6.61 Å². The van der Waals surface area contributed by atoms with E-state index in [0.717, 1.165) is 17.9 Å². The number of ether oxygens (including phenoxy) is 1. The van der Waals surface area contributed by atoms with Gasteiger partial charge < -0.3 is 10.5 Å². The van der Waals surface area contributed by atoms with Crippen molar-refractivity contribution in [2.75, 3.05) is 6.61 Å². The number of unbranched alkanes of at least 4 members (excludes halogenated alkanes) is 1. The minimum absolute atomic E-state index is 0.0197. The smallest absolute Gasteiger partial charge is 0.124 e. The molecule has 0 bridgehead atoms. The maximum Gasteiger partial charge on any atom is 0.124 e. The fourth-order valence-electron chi connectivity index (χ4n) is 2.25. The predicted molar refractivity (Wildman–Crippen MR) is 82.6 cm³/mol. The van der Waals surface area contributed by atoms with Crippen molar-refractivity contribution in [2.45, 2.75) is 59.4 Å². The lowest BCUT2D eigenvalue weighted by atomic mass is 10.0. The Bertz CT molecular complexity index is 374. The van der Waals surface area contributed by atoms with Gasteiger partial charge in [0.05, 0.1) is 6.61 Å². The molecule has 2 heteroatoms. The number of nitrogens with two attached hydrogens (primary N) is 1. The normalized spacial score (nSPS) is 14.2. The van der Waals surface area contributed by atoms with E-state index in [4.69, 9.17) is 10.5 Å². The minimum Gasteiger partial charge on any atom is -0.493 e. The molecule has 1 unspecified atom stereocenters. The highest BCUT2D eigenvalue weighted by Crippen LogP contribution is 2.26. The molecule has 0 heterocycles. The molecule has 1 rings (SSSR count). The number of hydrogen-bond donors (Lipinski definition) is 1. The van der Waals surface area contributed by atoms with Crippen molar-refractivity contribution in [1.82, 2.24) is 0 Å². The van der Waals surface area contributed by atoms with Gasteiger partial charge in [0.1, 0.15) is 5.75 Å². The lowest BCUT2D eigenvalue weighted by Gasteiger charge is -2.19. The van der Waals surface area contributed by atoms with Gasteiger partial charge in [-0.05, 0) is 37.8 Å². The van der Waals surface area contributed by atoms with Crippen LogP contribution in [0.4, 0.5) is 0 Å². The van der Waals surface area contributed by atoms with Gasteiger partial charge in [0.15, 0.2) is 0 Å². The van der Waals surface area contributed by atoms with E-state index in [2.05, 4.69) is 39.0 Å². The zero-order valence-electron chi connectivity index (χ0n) is 12.9. The number of benzene rings is 1. The van der Waals surface area contributed by atoms with Gasteiger partial charge >= 0.3 is 0 Å². The van der Waals surface area contributed by atoms with E-state index in [0.29, 0.717) is 5.92 Å². The molecule has 0 amide bonds. The second-order valence-electron chi connectivity index (χ2n) is 5.56. The van der Waals surface area contributed by atoms with Crippen LogP contribution in [0, 0.1) is 12.8 Å². The van der Waals surface area contributed by atoms with Gasteiger partial charge in [-0.3, -0.25) is 0 Å².